The molecule has 0 aromatic heterocycles. The number of aryl methyl sites for hydroxylation is 2. The highest BCUT2D eigenvalue weighted by atomic mass is 32.2. The smallest absolute Gasteiger partial charge is 0.239 e. The van der Waals surface area contributed by atoms with Crippen LogP contribution in [0.5, 0.6) is 0 Å². The number of hydrogen-bond acceptors (Lipinski definition) is 4. The third-order valence-corrected chi connectivity index (χ3v) is 8.94. The standard InChI is InChI=1S/C22H32N2O3S/c1-15(2)24-11-9-18(10-12-24)28(26,27)14-21(25)23-22-19-7-3-5-16(19)13-17-6-4-8-20(17)22/h13,15,18H,3-12,14H2,1-2H3,(H,23,25). The van der Waals surface area contributed by atoms with Gasteiger partial charge in [-0.15, -0.1) is 0 Å². The van der Waals surface area contributed by atoms with Crippen LogP contribution in [-0.4, -0.2) is 49.4 Å². The minimum atomic E-state index is -3.42. The number of rotatable bonds is 5. The predicted octanol–water partition coefficient (Wildman–Crippen LogP) is 2.89. The number of anilines is 1. The van der Waals surface area contributed by atoms with Crippen LogP contribution >= 0.6 is 0 Å². The molecule has 1 fully saturated rings. The van der Waals surface area contributed by atoms with Gasteiger partial charge < -0.3 is 10.2 Å². The van der Waals surface area contributed by atoms with Crippen LogP contribution in [0.15, 0.2) is 6.07 Å². The number of amides is 1. The van der Waals surface area contributed by atoms with Crippen molar-refractivity contribution in [1.29, 1.82) is 0 Å². The second-order valence-electron chi connectivity index (χ2n) is 8.92. The molecule has 2 aliphatic carbocycles. The topological polar surface area (TPSA) is 66.5 Å². The van der Waals surface area contributed by atoms with E-state index >= 15 is 0 Å². The molecule has 1 heterocycles. The van der Waals surface area contributed by atoms with Crippen LogP contribution < -0.4 is 5.32 Å². The molecule has 0 atom stereocenters. The molecule has 28 heavy (non-hydrogen) atoms. The molecule has 0 radical (unpaired) electrons. The van der Waals surface area contributed by atoms with Crippen molar-refractivity contribution in [2.24, 2.45) is 0 Å². The van der Waals surface area contributed by atoms with Crippen molar-refractivity contribution >= 4 is 21.4 Å². The van der Waals surface area contributed by atoms with E-state index in [0.717, 1.165) is 57.3 Å². The van der Waals surface area contributed by atoms with Gasteiger partial charge in [0.2, 0.25) is 5.91 Å². The zero-order valence-corrected chi connectivity index (χ0v) is 17.9. The Morgan fingerprint density at radius 2 is 1.64 bits per heavy atom. The van der Waals surface area contributed by atoms with E-state index in [-0.39, 0.29) is 11.2 Å². The number of hydrogen-bond donors (Lipinski definition) is 1. The molecule has 0 unspecified atom stereocenters. The molecular formula is C22H32N2O3S. The van der Waals surface area contributed by atoms with Gasteiger partial charge in [0.15, 0.2) is 9.84 Å². The van der Waals surface area contributed by atoms with E-state index in [1.54, 1.807) is 0 Å². The molecule has 6 heteroatoms. The normalized spacial score (nSPS) is 20.4. The van der Waals surface area contributed by atoms with Gasteiger partial charge in [-0.3, -0.25) is 4.79 Å². The Labute approximate surface area is 168 Å². The third-order valence-electron chi connectivity index (χ3n) is 6.78. The summed E-state index contributed by atoms with van der Waals surface area (Å²) in [6.45, 7) is 5.86. The van der Waals surface area contributed by atoms with Crippen LogP contribution in [0.4, 0.5) is 5.69 Å². The first-order chi connectivity index (χ1) is 13.3. The Morgan fingerprint density at radius 1 is 1.07 bits per heavy atom. The maximum atomic E-state index is 12.9. The lowest BCUT2D eigenvalue weighted by atomic mass is 9.98. The molecule has 0 saturated carbocycles. The molecule has 154 valence electrons. The highest BCUT2D eigenvalue weighted by Crippen LogP contribution is 2.38. The molecule has 5 nitrogen and oxygen atoms in total. The number of carbonyl (C=O) groups excluding carboxylic acids is 1. The van der Waals surface area contributed by atoms with Gasteiger partial charge in [0.25, 0.3) is 0 Å². The van der Waals surface area contributed by atoms with Crippen molar-refractivity contribution in [2.45, 2.75) is 76.5 Å². The zero-order valence-electron chi connectivity index (χ0n) is 17.1. The summed E-state index contributed by atoms with van der Waals surface area (Å²) in [5.74, 6) is -0.752. The Kier molecular flexibility index (Phi) is 5.53. The number of piperidine rings is 1. The van der Waals surface area contributed by atoms with Gasteiger partial charge in [0.05, 0.1) is 5.25 Å². The summed E-state index contributed by atoms with van der Waals surface area (Å²) < 4.78 is 25.7. The van der Waals surface area contributed by atoms with E-state index in [0.29, 0.717) is 18.9 Å². The first-order valence-corrected chi connectivity index (χ1v) is 12.5. The van der Waals surface area contributed by atoms with Gasteiger partial charge in [-0.2, -0.15) is 0 Å². The Balaban J connectivity index is 1.46. The molecule has 1 aliphatic heterocycles. The summed E-state index contributed by atoms with van der Waals surface area (Å²) in [6.07, 6.45) is 7.60. The van der Waals surface area contributed by atoms with E-state index in [1.165, 1.54) is 22.3 Å². The van der Waals surface area contributed by atoms with Gasteiger partial charge >= 0.3 is 0 Å². The summed E-state index contributed by atoms with van der Waals surface area (Å²) in [7, 11) is -3.42. The highest BCUT2D eigenvalue weighted by Gasteiger charge is 2.33. The highest BCUT2D eigenvalue weighted by molar-refractivity contribution is 7.92. The number of sulfone groups is 1. The van der Waals surface area contributed by atoms with Crippen LogP contribution in [0.25, 0.3) is 0 Å². The van der Waals surface area contributed by atoms with Crippen LogP contribution in [0, 0.1) is 0 Å². The second kappa shape index (κ2) is 7.79. The fourth-order valence-electron chi connectivity index (χ4n) is 5.19. The summed E-state index contributed by atoms with van der Waals surface area (Å²) in [5, 5.41) is 2.65. The molecule has 1 saturated heterocycles. The fraction of sp³-hybridized carbons (Fsp3) is 0.682. The summed E-state index contributed by atoms with van der Waals surface area (Å²) >= 11 is 0. The maximum absolute atomic E-state index is 12.9. The molecular weight excluding hydrogens is 372 g/mol. The van der Waals surface area contributed by atoms with Gasteiger partial charge in [-0.25, -0.2) is 8.42 Å². The van der Waals surface area contributed by atoms with E-state index in [4.69, 9.17) is 0 Å². The molecule has 0 bridgehead atoms. The summed E-state index contributed by atoms with van der Waals surface area (Å²) in [6, 6.07) is 2.76. The number of benzene rings is 1. The lowest BCUT2D eigenvalue weighted by Crippen LogP contribution is -2.44. The van der Waals surface area contributed by atoms with Crippen LogP contribution in [0.3, 0.4) is 0 Å². The van der Waals surface area contributed by atoms with E-state index in [1.807, 2.05) is 0 Å². The van der Waals surface area contributed by atoms with Gasteiger partial charge in [-0.05, 0) is 101 Å². The van der Waals surface area contributed by atoms with E-state index in [2.05, 4.69) is 30.1 Å². The third kappa shape index (κ3) is 3.86. The minimum absolute atomic E-state index is 0.360. The lowest BCUT2D eigenvalue weighted by molar-refractivity contribution is -0.113. The maximum Gasteiger partial charge on any atom is 0.239 e. The molecule has 1 aromatic carbocycles. The van der Waals surface area contributed by atoms with Crippen molar-refractivity contribution < 1.29 is 13.2 Å². The Bertz CT molecular complexity index is 836. The first kappa shape index (κ1) is 19.9. The first-order valence-electron chi connectivity index (χ1n) is 10.8. The SMILES string of the molecule is CC(C)N1CCC(S(=O)(=O)CC(=O)Nc2c3c(cc4c2CCC4)CCC3)CC1. The molecule has 1 N–H and O–H groups in total. The zero-order chi connectivity index (χ0) is 19.9. The second-order valence-corrected chi connectivity index (χ2v) is 11.2. The van der Waals surface area contributed by atoms with Crippen LogP contribution in [0.1, 0.15) is 61.8 Å². The molecule has 0 spiro atoms. The summed E-state index contributed by atoms with van der Waals surface area (Å²) in [5.41, 5.74) is 6.13. The average Bonchev–Trinajstić information content (AvgIpc) is 3.30. The van der Waals surface area contributed by atoms with Crippen LogP contribution in [-0.2, 0) is 40.3 Å². The van der Waals surface area contributed by atoms with E-state index in [9.17, 15) is 13.2 Å². The number of carbonyl (C=O) groups is 1. The molecule has 1 aromatic rings. The number of nitrogens with zero attached hydrogens (tertiary/aromatic N) is 1. The van der Waals surface area contributed by atoms with Crippen molar-refractivity contribution in [2.75, 3.05) is 24.2 Å². The quantitative estimate of drug-likeness (QED) is 0.819. The van der Waals surface area contributed by atoms with E-state index < -0.39 is 15.6 Å². The number of fused-ring (bicyclic) bond motifs is 2. The average molecular weight is 405 g/mol. The number of nitrogens with one attached hydrogen (secondary N) is 1. The van der Waals surface area contributed by atoms with Gasteiger partial charge in [-0.1, -0.05) is 6.07 Å². The van der Waals surface area contributed by atoms with Crippen molar-refractivity contribution in [3.63, 3.8) is 0 Å². The predicted molar refractivity (Wildman–Crippen MR) is 113 cm³/mol. The van der Waals surface area contributed by atoms with Gasteiger partial charge in [0, 0.05) is 11.7 Å². The van der Waals surface area contributed by atoms with Crippen molar-refractivity contribution in [3.8, 4) is 0 Å². The summed E-state index contributed by atoms with van der Waals surface area (Å²) in [4.78, 5) is 15.1. The number of likely N-dealkylation sites (tertiary alicyclic amines) is 1. The van der Waals surface area contributed by atoms with Gasteiger partial charge in [0.1, 0.15) is 5.75 Å². The fourth-order valence-corrected chi connectivity index (χ4v) is 6.80. The Hall–Kier alpha value is -1.40. The van der Waals surface area contributed by atoms with Crippen molar-refractivity contribution in [3.05, 3.63) is 28.3 Å². The minimum Gasteiger partial charge on any atom is -0.325 e. The Morgan fingerprint density at radius 3 is 2.18 bits per heavy atom. The monoisotopic (exact) mass is 404 g/mol. The van der Waals surface area contributed by atoms with Crippen molar-refractivity contribution in [1.82, 2.24) is 4.90 Å². The molecule has 4 rings (SSSR count). The lowest BCUT2D eigenvalue weighted by Gasteiger charge is -2.34. The molecule has 3 aliphatic rings. The largest absolute Gasteiger partial charge is 0.325 e. The van der Waals surface area contributed by atoms with Crippen LogP contribution in [0.2, 0.25) is 0 Å². The molecule has 1 amide bonds.